The van der Waals surface area contributed by atoms with Gasteiger partial charge in [-0.15, -0.1) is 0 Å². The van der Waals surface area contributed by atoms with Crippen LogP contribution in [0.4, 0.5) is 11.6 Å². The highest BCUT2D eigenvalue weighted by Gasteiger charge is 2.33. The summed E-state index contributed by atoms with van der Waals surface area (Å²) in [7, 11) is 0.485. The first-order valence-electron chi connectivity index (χ1n) is 11.0. The third-order valence-electron chi connectivity index (χ3n) is 6.02. The molecule has 1 aliphatic heterocycles. The number of hydrogen-bond acceptors (Lipinski definition) is 8. The van der Waals surface area contributed by atoms with Crippen LogP contribution in [0, 0.1) is 0 Å². The van der Waals surface area contributed by atoms with Crippen LogP contribution in [-0.4, -0.2) is 79.3 Å². The Labute approximate surface area is 199 Å². The average Bonchev–Trinajstić information content (AvgIpc) is 2.88. The number of amides is 1. The van der Waals surface area contributed by atoms with Gasteiger partial charge in [0.1, 0.15) is 0 Å². The van der Waals surface area contributed by atoms with Gasteiger partial charge in [0.05, 0.1) is 10.8 Å². The maximum absolute atomic E-state index is 13.2. The highest BCUT2D eigenvalue weighted by molar-refractivity contribution is 7.89. The SMILES string of the molecule is CN(C)c1cccc(C2=CCC(S(=O)(=O)N3CCN(c4ncc(C(=O)NO)cn4)CC3)C=C2)c1. The molecule has 1 atom stereocenters. The molecule has 1 aromatic carbocycles. The van der Waals surface area contributed by atoms with Gasteiger partial charge in [-0.2, -0.15) is 4.31 Å². The van der Waals surface area contributed by atoms with Crippen LogP contribution in [0.15, 0.2) is 54.9 Å². The van der Waals surface area contributed by atoms with Gasteiger partial charge in [0.2, 0.25) is 16.0 Å². The van der Waals surface area contributed by atoms with E-state index in [1.54, 1.807) is 6.08 Å². The summed E-state index contributed by atoms with van der Waals surface area (Å²) in [5.74, 6) is -0.276. The number of nitrogens with one attached hydrogen (secondary N) is 1. The summed E-state index contributed by atoms with van der Waals surface area (Å²) in [5.41, 5.74) is 4.85. The molecule has 1 unspecified atom stereocenters. The number of sulfonamides is 1. The van der Waals surface area contributed by atoms with Gasteiger partial charge in [0.15, 0.2) is 0 Å². The Bertz CT molecular complexity index is 1200. The summed E-state index contributed by atoms with van der Waals surface area (Å²) in [6.07, 6.45) is 8.75. The van der Waals surface area contributed by atoms with Crippen LogP contribution in [0.25, 0.3) is 5.57 Å². The predicted octanol–water partition coefficient (Wildman–Crippen LogP) is 1.53. The molecule has 2 aromatic rings. The maximum Gasteiger partial charge on any atom is 0.277 e. The van der Waals surface area contributed by atoms with Crippen LogP contribution in [0.2, 0.25) is 0 Å². The van der Waals surface area contributed by atoms with Crippen LogP contribution >= 0.6 is 0 Å². The molecule has 0 saturated carbocycles. The molecule has 2 N–H and O–H groups in total. The molecular weight excluding hydrogens is 456 g/mol. The highest BCUT2D eigenvalue weighted by atomic mass is 32.2. The molecule has 1 amide bonds. The summed E-state index contributed by atoms with van der Waals surface area (Å²) < 4.78 is 28.0. The Morgan fingerprint density at radius 2 is 1.85 bits per heavy atom. The number of nitrogens with zero attached hydrogens (tertiary/aromatic N) is 5. The molecule has 11 heteroatoms. The smallest absolute Gasteiger partial charge is 0.277 e. The van der Waals surface area contributed by atoms with E-state index in [4.69, 9.17) is 5.21 Å². The first-order chi connectivity index (χ1) is 16.3. The Kier molecular flexibility index (Phi) is 6.96. The lowest BCUT2D eigenvalue weighted by atomic mass is 9.99. The quantitative estimate of drug-likeness (QED) is 0.468. The van der Waals surface area contributed by atoms with Crippen LogP contribution < -0.4 is 15.3 Å². The molecule has 4 rings (SSSR count). The first-order valence-corrected chi connectivity index (χ1v) is 12.5. The van der Waals surface area contributed by atoms with Crippen LogP contribution in [0.5, 0.6) is 0 Å². The second kappa shape index (κ2) is 9.92. The monoisotopic (exact) mass is 484 g/mol. The van der Waals surface area contributed by atoms with E-state index in [0.29, 0.717) is 38.5 Å². The summed E-state index contributed by atoms with van der Waals surface area (Å²) in [6.45, 7) is 1.55. The lowest BCUT2D eigenvalue weighted by Gasteiger charge is -2.35. The zero-order chi connectivity index (χ0) is 24.3. The lowest BCUT2D eigenvalue weighted by Crippen LogP contribution is -2.51. The number of aromatic nitrogens is 2. The molecule has 0 spiro atoms. The van der Waals surface area contributed by atoms with Crippen molar-refractivity contribution in [3.8, 4) is 0 Å². The van der Waals surface area contributed by atoms with E-state index >= 15 is 0 Å². The number of carbonyl (C=O) groups is 1. The fourth-order valence-electron chi connectivity index (χ4n) is 4.00. The number of anilines is 2. The minimum Gasteiger partial charge on any atom is -0.378 e. The molecule has 0 bridgehead atoms. The van der Waals surface area contributed by atoms with E-state index < -0.39 is 21.2 Å². The van der Waals surface area contributed by atoms with Gasteiger partial charge < -0.3 is 9.80 Å². The minimum atomic E-state index is -3.49. The minimum absolute atomic E-state index is 0.136. The summed E-state index contributed by atoms with van der Waals surface area (Å²) >= 11 is 0. The third kappa shape index (κ3) is 4.96. The molecule has 10 nitrogen and oxygen atoms in total. The molecule has 2 heterocycles. The Hall–Kier alpha value is -3.28. The van der Waals surface area contributed by atoms with Crippen LogP contribution in [-0.2, 0) is 10.0 Å². The standard InChI is InChI=1S/C23H28N6O4S/c1-27(2)20-5-3-4-18(14-20)17-6-8-21(9-7-17)34(32,33)29-12-10-28(11-13-29)23-24-15-19(16-25-23)22(30)26-31/h3-8,14-16,21,31H,9-13H2,1-2H3,(H,26,30). The molecule has 2 aliphatic rings. The number of carbonyl (C=O) groups excluding carboxylic acids is 1. The topological polar surface area (TPSA) is 119 Å². The first kappa shape index (κ1) is 23.9. The molecule has 180 valence electrons. The van der Waals surface area contributed by atoms with Gasteiger partial charge in [0, 0.05) is 58.4 Å². The van der Waals surface area contributed by atoms with Crippen LogP contribution in [0.1, 0.15) is 22.3 Å². The van der Waals surface area contributed by atoms with E-state index in [2.05, 4.69) is 16.0 Å². The summed E-state index contributed by atoms with van der Waals surface area (Å²) in [5, 5.41) is 8.09. The maximum atomic E-state index is 13.2. The van der Waals surface area contributed by atoms with Crippen molar-refractivity contribution >= 4 is 33.1 Å². The van der Waals surface area contributed by atoms with E-state index in [1.165, 1.54) is 22.2 Å². The molecule has 1 aliphatic carbocycles. The van der Waals surface area contributed by atoms with Crippen molar-refractivity contribution in [2.45, 2.75) is 11.7 Å². The van der Waals surface area contributed by atoms with E-state index in [1.807, 2.05) is 54.2 Å². The number of hydroxylamine groups is 1. The van der Waals surface area contributed by atoms with Crippen molar-refractivity contribution in [2.24, 2.45) is 0 Å². The molecule has 0 radical (unpaired) electrons. The van der Waals surface area contributed by atoms with E-state index in [0.717, 1.165) is 16.8 Å². The zero-order valence-electron chi connectivity index (χ0n) is 19.1. The van der Waals surface area contributed by atoms with Crippen molar-refractivity contribution in [3.63, 3.8) is 0 Å². The van der Waals surface area contributed by atoms with Gasteiger partial charge in [0.25, 0.3) is 5.91 Å². The zero-order valence-corrected chi connectivity index (χ0v) is 19.9. The second-order valence-corrected chi connectivity index (χ2v) is 10.5. The van der Waals surface area contributed by atoms with Gasteiger partial charge in [-0.25, -0.2) is 23.9 Å². The normalized spacial score (nSPS) is 19.0. The summed E-state index contributed by atoms with van der Waals surface area (Å²) in [4.78, 5) is 23.6. The molecule has 1 aromatic heterocycles. The Balaban J connectivity index is 1.37. The lowest BCUT2D eigenvalue weighted by molar-refractivity contribution is 0.0705. The van der Waals surface area contributed by atoms with Crippen molar-refractivity contribution < 1.29 is 18.4 Å². The second-order valence-electron chi connectivity index (χ2n) is 8.38. The Morgan fingerprint density at radius 1 is 1.15 bits per heavy atom. The number of piperazine rings is 1. The van der Waals surface area contributed by atoms with E-state index in [-0.39, 0.29) is 5.56 Å². The number of allylic oxidation sites excluding steroid dienone is 3. The molecular formula is C23H28N6O4S. The predicted molar refractivity (Wildman–Crippen MR) is 130 cm³/mol. The van der Waals surface area contributed by atoms with Crippen molar-refractivity contribution in [3.05, 3.63) is 66.0 Å². The van der Waals surface area contributed by atoms with E-state index in [9.17, 15) is 13.2 Å². The van der Waals surface area contributed by atoms with Gasteiger partial charge in [-0.05, 0) is 29.7 Å². The highest BCUT2D eigenvalue weighted by Crippen LogP contribution is 2.28. The van der Waals surface area contributed by atoms with Gasteiger partial charge >= 0.3 is 0 Å². The van der Waals surface area contributed by atoms with Crippen LogP contribution in [0.3, 0.4) is 0 Å². The molecule has 1 fully saturated rings. The van der Waals surface area contributed by atoms with Crippen molar-refractivity contribution in [2.75, 3.05) is 50.1 Å². The molecule has 34 heavy (non-hydrogen) atoms. The number of benzene rings is 1. The fourth-order valence-corrected chi connectivity index (χ4v) is 5.67. The molecule has 1 saturated heterocycles. The van der Waals surface area contributed by atoms with Gasteiger partial charge in [-0.3, -0.25) is 10.0 Å². The number of hydrogen-bond donors (Lipinski definition) is 2. The number of rotatable bonds is 6. The van der Waals surface area contributed by atoms with Crippen molar-refractivity contribution in [1.82, 2.24) is 19.8 Å². The van der Waals surface area contributed by atoms with Gasteiger partial charge in [-0.1, -0.05) is 30.4 Å². The Morgan fingerprint density at radius 3 is 2.44 bits per heavy atom. The summed E-state index contributed by atoms with van der Waals surface area (Å²) in [6, 6.07) is 8.16. The third-order valence-corrected chi connectivity index (χ3v) is 8.22. The fraction of sp³-hybridized carbons (Fsp3) is 0.348. The largest absolute Gasteiger partial charge is 0.378 e. The van der Waals surface area contributed by atoms with Crippen molar-refractivity contribution in [1.29, 1.82) is 0 Å². The average molecular weight is 485 g/mol.